The van der Waals surface area contributed by atoms with Gasteiger partial charge in [-0.25, -0.2) is 0 Å². The van der Waals surface area contributed by atoms with E-state index in [1.165, 1.54) is 11.3 Å². The van der Waals surface area contributed by atoms with Crippen LogP contribution in [0.4, 0.5) is 11.4 Å². The Balaban J connectivity index is 1.55. The highest BCUT2D eigenvalue weighted by molar-refractivity contribution is 7.12. The number of ether oxygens (including phenoxy) is 1. The molecule has 0 saturated carbocycles. The Labute approximate surface area is 165 Å². The number of carbonyl (C=O) groups excluding carboxylic acids is 2. The van der Waals surface area contributed by atoms with Crippen molar-refractivity contribution in [3.8, 4) is 5.75 Å². The minimum atomic E-state index is -0.313. The second kappa shape index (κ2) is 8.57. The predicted octanol–water partition coefficient (Wildman–Crippen LogP) is 4.42. The lowest BCUT2D eigenvalue weighted by Crippen LogP contribution is -2.28. The molecular formula is C19H16ClN3O3S. The Morgan fingerprint density at radius 2 is 1.59 bits per heavy atom. The van der Waals surface area contributed by atoms with E-state index in [1.54, 1.807) is 67.1 Å². The van der Waals surface area contributed by atoms with Crippen LogP contribution in [0.15, 0.2) is 60.0 Å². The van der Waals surface area contributed by atoms with E-state index in [9.17, 15) is 9.59 Å². The first-order chi connectivity index (χ1) is 13.1. The molecule has 1 heterocycles. The van der Waals surface area contributed by atoms with Gasteiger partial charge in [0.1, 0.15) is 10.6 Å². The number of hydrogen-bond acceptors (Lipinski definition) is 5. The third kappa shape index (κ3) is 4.78. The number of amides is 2. The van der Waals surface area contributed by atoms with Crippen molar-refractivity contribution in [1.29, 1.82) is 0 Å². The van der Waals surface area contributed by atoms with Gasteiger partial charge in [0, 0.05) is 11.3 Å². The molecule has 3 rings (SSSR count). The maximum Gasteiger partial charge on any atom is 0.281 e. The van der Waals surface area contributed by atoms with Gasteiger partial charge < -0.3 is 10.1 Å². The highest BCUT2D eigenvalue weighted by atomic mass is 35.5. The normalized spacial score (nSPS) is 10.1. The van der Waals surface area contributed by atoms with Crippen LogP contribution in [-0.2, 0) is 0 Å². The summed E-state index contributed by atoms with van der Waals surface area (Å²) in [6.07, 6.45) is 0. The molecule has 0 atom stereocenters. The Kier molecular flexibility index (Phi) is 5.95. The van der Waals surface area contributed by atoms with Crippen molar-refractivity contribution in [1.82, 2.24) is 5.43 Å². The summed E-state index contributed by atoms with van der Waals surface area (Å²) in [5, 5.41) is 4.97. The Bertz CT molecular complexity index is 940. The number of nitrogens with one attached hydrogen (secondary N) is 3. The van der Waals surface area contributed by atoms with E-state index in [0.717, 1.165) is 0 Å². The van der Waals surface area contributed by atoms with Gasteiger partial charge in [0.2, 0.25) is 0 Å². The molecule has 8 heteroatoms. The lowest BCUT2D eigenvalue weighted by atomic mass is 10.2. The largest absolute Gasteiger partial charge is 0.497 e. The topological polar surface area (TPSA) is 79.5 Å². The fourth-order valence-electron chi connectivity index (χ4n) is 2.22. The number of thiophene rings is 1. The SMILES string of the molecule is COc1ccc(C(=O)Nc2ccc(NNC(=O)c3sccc3Cl)cc2)cc1. The molecule has 3 N–H and O–H groups in total. The van der Waals surface area contributed by atoms with Gasteiger partial charge in [-0.05, 0) is 60.0 Å². The van der Waals surface area contributed by atoms with Gasteiger partial charge in [0.05, 0.1) is 17.8 Å². The summed E-state index contributed by atoms with van der Waals surface area (Å²) >= 11 is 7.19. The molecule has 3 aromatic rings. The third-order valence-electron chi connectivity index (χ3n) is 3.64. The molecule has 0 aliphatic rings. The van der Waals surface area contributed by atoms with E-state index in [2.05, 4.69) is 16.2 Å². The number of halogens is 1. The van der Waals surface area contributed by atoms with E-state index < -0.39 is 0 Å². The maximum atomic E-state index is 12.2. The van der Waals surface area contributed by atoms with Crippen LogP contribution in [0, 0.1) is 0 Å². The monoisotopic (exact) mass is 401 g/mol. The molecule has 2 amide bonds. The molecule has 0 spiro atoms. The fourth-order valence-corrected chi connectivity index (χ4v) is 3.26. The molecule has 0 saturated heterocycles. The van der Waals surface area contributed by atoms with Crippen molar-refractivity contribution in [2.45, 2.75) is 0 Å². The average molecular weight is 402 g/mol. The summed E-state index contributed by atoms with van der Waals surface area (Å²) in [4.78, 5) is 24.7. The average Bonchev–Trinajstić information content (AvgIpc) is 3.13. The standard InChI is InChI=1S/C19H16ClN3O3S/c1-26-15-8-2-12(3-9-15)18(24)21-13-4-6-14(7-5-13)22-23-19(25)17-16(20)10-11-27-17/h2-11,22H,1H3,(H,21,24)(H,23,25). The highest BCUT2D eigenvalue weighted by Crippen LogP contribution is 2.22. The predicted molar refractivity (Wildman–Crippen MR) is 108 cm³/mol. The molecule has 138 valence electrons. The molecule has 0 bridgehead atoms. The van der Waals surface area contributed by atoms with Crippen LogP contribution in [-0.4, -0.2) is 18.9 Å². The summed E-state index contributed by atoms with van der Waals surface area (Å²) in [5.74, 6) is 0.152. The van der Waals surface area contributed by atoms with E-state index in [-0.39, 0.29) is 11.8 Å². The fraction of sp³-hybridized carbons (Fsp3) is 0.0526. The lowest BCUT2D eigenvalue weighted by molar-refractivity contribution is 0.0965. The second-order valence-electron chi connectivity index (χ2n) is 5.44. The molecule has 1 aromatic heterocycles. The summed E-state index contributed by atoms with van der Waals surface area (Å²) in [7, 11) is 1.57. The summed E-state index contributed by atoms with van der Waals surface area (Å²) in [5.41, 5.74) is 7.21. The minimum Gasteiger partial charge on any atom is -0.497 e. The zero-order valence-corrected chi connectivity index (χ0v) is 15.9. The van der Waals surface area contributed by atoms with Crippen LogP contribution in [0.25, 0.3) is 0 Å². The molecule has 2 aromatic carbocycles. The first-order valence-corrected chi connectivity index (χ1v) is 9.17. The van der Waals surface area contributed by atoms with Crippen LogP contribution in [0.1, 0.15) is 20.0 Å². The number of carbonyl (C=O) groups is 2. The Morgan fingerprint density at radius 3 is 2.19 bits per heavy atom. The number of rotatable bonds is 6. The van der Waals surface area contributed by atoms with Crippen molar-refractivity contribution in [2.75, 3.05) is 17.9 Å². The molecule has 0 aliphatic heterocycles. The second-order valence-corrected chi connectivity index (χ2v) is 6.76. The lowest BCUT2D eigenvalue weighted by Gasteiger charge is -2.10. The van der Waals surface area contributed by atoms with Gasteiger partial charge in [0.25, 0.3) is 11.8 Å². The van der Waals surface area contributed by atoms with Crippen LogP contribution in [0.3, 0.4) is 0 Å². The molecule has 0 unspecified atom stereocenters. The van der Waals surface area contributed by atoms with E-state index >= 15 is 0 Å². The highest BCUT2D eigenvalue weighted by Gasteiger charge is 2.11. The van der Waals surface area contributed by atoms with Crippen molar-refractivity contribution < 1.29 is 14.3 Å². The van der Waals surface area contributed by atoms with Crippen molar-refractivity contribution in [3.63, 3.8) is 0 Å². The first kappa shape index (κ1) is 18.8. The third-order valence-corrected chi connectivity index (χ3v) is 4.98. The quantitative estimate of drug-likeness (QED) is 0.534. The molecule has 0 aliphatic carbocycles. The van der Waals surface area contributed by atoms with Gasteiger partial charge in [-0.15, -0.1) is 11.3 Å². The zero-order valence-electron chi connectivity index (χ0n) is 14.3. The Hall–Kier alpha value is -3.03. The van der Waals surface area contributed by atoms with E-state index in [1.807, 2.05) is 0 Å². The summed E-state index contributed by atoms with van der Waals surface area (Å²) in [6, 6.07) is 15.4. The van der Waals surface area contributed by atoms with Crippen molar-refractivity contribution >= 4 is 46.1 Å². The number of benzene rings is 2. The van der Waals surface area contributed by atoms with E-state index in [0.29, 0.717) is 32.6 Å². The van der Waals surface area contributed by atoms with Crippen molar-refractivity contribution in [2.24, 2.45) is 0 Å². The van der Waals surface area contributed by atoms with Gasteiger partial charge in [-0.3, -0.25) is 20.4 Å². The minimum absolute atomic E-state index is 0.223. The Morgan fingerprint density at radius 1 is 0.926 bits per heavy atom. The zero-order chi connectivity index (χ0) is 19.2. The first-order valence-electron chi connectivity index (χ1n) is 7.91. The number of methoxy groups -OCH3 is 1. The molecule has 0 fully saturated rings. The van der Waals surface area contributed by atoms with Crippen LogP contribution in [0.2, 0.25) is 5.02 Å². The van der Waals surface area contributed by atoms with Gasteiger partial charge in [-0.1, -0.05) is 11.6 Å². The van der Waals surface area contributed by atoms with Crippen LogP contribution >= 0.6 is 22.9 Å². The number of hydrazine groups is 1. The van der Waals surface area contributed by atoms with Crippen LogP contribution in [0.5, 0.6) is 5.75 Å². The van der Waals surface area contributed by atoms with Gasteiger partial charge >= 0.3 is 0 Å². The maximum absolute atomic E-state index is 12.2. The van der Waals surface area contributed by atoms with Crippen LogP contribution < -0.4 is 20.9 Å². The van der Waals surface area contributed by atoms with E-state index in [4.69, 9.17) is 16.3 Å². The summed E-state index contributed by atoms with van der Waals surface area (Å²) in [6.45, 7) is 0. The molecular weight excluding hydrogens is 386 g/mol. The number of hydrogen-bond donors (Lipinski definition) is 3. The van der Waals surface area contributed by atoms with Gasteiger partial charge in [0.15, 0.2) is 0 Å². The smallest absolute Gasteiger partial charge is 0.281 e. The van der Waals surface area contributed by atoms with Gasteiger partial charge in [-0.2, -0.15) is 0 Å². The molecule has 27 heavy (non-hydrogen) atoms. The summed E-state index contributed by atoms with van der Waals surface area (Å²) < 4.78 is 5.07. The van der Waals surface area contributed by atoms with Crippen molar-refractivity contribution in [3.05, 3.63) is 75.4 Å². The molecule has 0 radical (unpaired) electrons. The molecule has 6 nitrogen and oxygen atoms in total. The number of anilines is 2.